The van der Waals surface area contributed by atoms with Crippen molar-refractivity contribution in [3.8, 4) is 5.75 Å². The van der Waals surface area contributed by atoms with Crippen LogP contribution in [0.5, 0.6) is 5.75 Å². The predicted octanol–water partition coefficient (Wildman–Crippen LogP) is 3.56. The van der Waals surface area contributed by atoms with Crippen LogP contribution in [0.2, 0.25) is 0 Å². The van der Waals surface area contributed by atoms with Gasteiger partial charge in [0.1, 0.15) is 19.0 Å². The van der Waals surface area contributed by atoms with E-state index in [1.807, 2.05) is 51.1 Å². The quantitative estimate of drug-likeness (QED) is 0.507. The van der Waals surface area contributed by atoms with Gasteiger partial charge >= 0.3 is 5.97 Å². The average molecular weight is 339 g/mol. The van der Waals surface area contributed by atoms with Crippen LogP contribution in [-0.2, 0) is 4.74 Å². The van der Waals surface area contributed by atoms with Gasteiger partial charge in [-0.25, -0.2) is 14.5 Å². The maximum absolute atomic E-state index is 12.5. The number of benzene rings is 1. The fourth-order valence-corrected chi connectivity index (χ4v) is 2.58. The second-order valence-corrected chi connectivity index (χ2v) is 6.03. The molecule has 0 amide bonds. The molecule has 6 nitrogen and oxygen atoms in total. The smallest absolute Gasteiger partial charge is 0.339 e. The Morgan fingerprint density at radius 3 is 2.68 bits per heavy atom. The lowest BCUT2D eigenvalue weighted by Gasteiger charge is -2.10. The Labute approximate surface area is 146 Å². The highest BCUT2D eigenvalue weighted by Crippen LogP contribution is 2.21. The molecule has 25 heavy (non-hydrogen) atoms. The molecule has 1 aromatic carbocycles. The Bertz CT molecular complexity index is 872. The maximum atomic E-state index is 12.5. The van der Waals surface area contributed by atoms with Crippen LogP contribution in [0.4, 0.5) is 0 Å². The standard InChI is InChI=1S/C19H21N3O3/c1-13(2)22-18-17(12-20-22)16(11-14(3)21-18)19(23)25-10-9-24-15-7-5-4-6-8-15/h4-8,11-13H,9-10H2,1-3H3. The Morgan fingerprint density at radius 2 is 1.96 bits per heavy atom. The highest BCUT2D eigenvalue weighted by atomic mass is 16.6. The van der Waals surface area contributed by atoms with Gasteiger partial charge < -0.3 is 9.47 Å². The number of nitrogens with zero attached hydrogens (tertiary/aromatic N) is 3. The van der Waals surface area contributed by atoms with Gasteiger partial charge in [-0.3, -0.25) is 0 Å². The maximum Gasteiger partial charge on any atom is 0.339 e. The molecule has 0 N–H and O–H groups in total. The number of para-hydroxylation sites is 1. The molecule has 2 heterocycles. The van der Waals surface area contributed by atoms with E-state index in [0.29, 0.717) is 23.2 Å². The van der Waals surface area contributed by atoms with E-state index >= 15 is 0 Å². The summed E-state index contributed by atoms with van der Waals surface area (Å²) in [5.41, 5.74) is 1.93. The lowest BCUT2D eigenvalue weighted by atomic mass is 10.1. The Kier molecular flexibility index (Phi) is 4.97. The number of pyridine rings is 1. The first kappa shape index (κ1) is 17.0. The highest BCUT2D eigenvalue weighted by Gasteiger charge is 2.17. The number of rotatable bonds is 6. The van der Waals surface area contributed by atoms with Gasteiger partial charge in [-0.2, -0.15) is 5.10 Å². The van der Waals surface area contributed by atoms with Crippen molar-refractivity contribution in [2.75, 3.05) is 13.2 Å². The number of hydrogen-bond donors (Lipinski definition) is 0. The summed E-state index contributed by atoms with van der Waals surface area (Å²) in [4.78, 5) is 17.0. The SMILES string of the molecule is Cc1cc(C(=O)OCCOc2ccccc2)c2cnn(C(C)C)c2n1. The van der Waals surface area contributed by atoms with E-state index in [1.54, 1.807) is 16.9 Å². The number of carbonyl (C=O) groups excluding carboxylic acids is 1. The van der Waals surface area contributed by atoms with Gasteiger partial charge in [-0.05, 0) is 39.0 Å². The van der Waals surface area contributed by atoms with Crippen molar-refractivity contribution in [2.24, 2.45) is 0 Å². The van der Waals surface area contributed by atoms with Gasteiger partial charge in [-0.1, -0.05) is 18.2 Å². The number of esters is 1. The van der Waals surface area contributed by atoms with Crippen molar-refractivity contribution in [3.05, 3.63) is 53.9 Å². The van der Waals surface area contributed by atoms with Crippen LogP contribution in [-0.4, -0.2) is 33.9 Å². The summed E-state index contributed by atoms with van der Waals surface area (Å²) in [5.74, 6) is 0.356. The summed E-state index contributed by atoms with van der Waals surface area (Å²) in [6.45, 7) is 6.38. The van der Waals surface area contributed by atoms with Crippen LogP contribution in [0.15, 0.2) is 42.6 Å². The Hall–Kier alpha value is -2.89. The van der Waals surface area contributed by atoms with Gasteiger partial charge in [-0.15, -0.1) is 0 Å². The third kappa shape index (κ3) is 3.79. The third-order valence-electron chi connectivity index (χ3n) is 3.73. The summed E-state index contributed by atoms with van der Waals surface area (Å²) >= 11 is 0. The second kappa shape index (κ2) is 7.34. The van der Waals surface area contributed by atoms with E-state index in [9.17, 15) is 4.79 Å². The number of aryl methyl sites for hydroxylation is 1. The minimum Gasteiger partial charge on any atom is -0.490 e. The number of carbonyl (C=O) groups is 1. The molecular weight excluding hydrogens is 318 g/mol. The van der Waals surface area contributed by atoms with E-state index in [4.69, 9.17) is 9.47 Å². The van der Waals surface area contributed by atoms with E-state index in [2.05, 4.69) is 10.1 Å². The molecule has 2 aromatic heterocycles. The Morgan fingerprint density at radius 1 is 1.20 bits per heavy atom. The molecule has 0 aliphatic heterocycles. The van der Waals surface area contributed by atoms with Gasteiger partial charge in [0.2, 0.25) is 0 Å². The first-order valence-corrected chi connectivity index (χ1v) is 8.26. The lowest BCUT2D eigenvalue weighted by molar-refractivity contribution is 0.0452. The normalized spacial score (nSPS) is 11.0. The summed E-state index contributed by atoms with van der Waals surface area (Å²) in [6, 6.07) is 11.3. The molecule has 0 radical (unpaired) electrons. The monoisotopic (exact) mass is 339 g/mol. The number of fused-ring (bicyclic) bond motifs is 1. The molecule has 0 fully saturated rings. The summed E-state index contributed by atoms with van der Waals surface area (Å²) in [7, 11) is 0. The zero-order valence-corrected chi connectivity index (χ0v) is 14.6. The fraction of sp³-hybridized carbons (Fsp3) is 0.316. The van der Waals surface area contributed by atoms with Crippen molar-refractivity contribution in [3.63, 3.8) is 0 Å². The van der Waals surface area contributed by atoms with Crippen molar-refractivity contribution in [1.29, 1.82) is 0 Å². The van der Waals surface area contributed by atoms with Crippen LogP contribution < -0.4 is 4.74 Å². The van der Waals surface area contributed by atoms with E-state index in [0.717, 1.165) is 11.4 Å². The molecular formula is C19H21N3O3. The van der Waals surface area contributed by atoms with Gasteiger partial charge in [0.25, 0.3) is 0 Å². The van der Waals surface area contributed by atoms with E-state index in [-0.39, 0.29) is 12.6 Å². The van der Waals surface area contributed by atoms with Crippen LogP contribution in [0.3, 0.4) is 0 Å². The number of hydrogen-bond acceptors (Lipinski definition) is 5. The molecule has 0 atom stereocenters. The largest absolute Gasteiger partial charge is 0.490 e. The lowest BCUT2D eigenvalue weighted by Crippen LogP contribution is -2.13. The van der Waals surface area contributed by atoms with Crippen LogP contribution in [0.1, 0.15) is 35.9 Å². The second-order valence-electron chi connectivity index (χ2n) is 6.03. The van der Waals surface area contributed by atoms with Crippen molar-refractivity contribution in [2.45, 2.75) is 26.8 Å². The molecule has 130 valence electrons. The van der Waals surface area contributed by atoms with Crippen molar-refractivity contribution < 1.29 is 14.3 Å². The highest BCUT2D eigenvalue weighted by molar-refractivity contribution is 6.02. The van der Waals surface area contributed by atoms with E-state index in [1.165, 1.54) is 0 Å². The third-order valence-corrected chi connectivity index (χ3v) is 3.73. The fourth-order valence-electron chi connectivity index (χ4n) is 2.58. The first-order chi connectivity index (χ1) is 12.1. The molecule has 6 heteroatoms. The summed E-state index contributed by atoms with van der Waals surface area (Å²) in [6.07, 6.45) is 1.67. The molecule has 0 aliphatic carbocycles. The molecule has 0 saturated carbocycles. The molecule has 0 spiro atoms. The number of ether oxygens (including phenoxy) is 2. The van der Waals surface area contributed by atoms with Gasteiger partial charge in [0.05, 0.1) is 17.1 Å². The van der Waals surface area contributed by atoms with Crippen LogP contribution in [0, 0.1) is 6.92 Å². The molecule has 0 unspecified atom stereocenters. The molecule has 3 aromatic rings. The van der Waals surface area contributed by atoms with Crippen molar-refractivity contribution in [1.82, 2.24) is 14.8 Å². The van der Waals surface area contributed by atoms with Gasteiger partial charge in [0.15, 0.2) is 5.65 Å². The first-order valence-electron chi connectivity index (χ1n) is 8.26. The molecule has 0 bridgehead atoms. The zero-order valence-electron chi connectivity index (χ0n) is 14.6. The molecule has 0 aliphatic rings. The summed E-state index contributed by atoms with van der Waals surface area (Å²) < 4.78 is 12.7. The van der Waals surface area contributed by atoms with Gasteiger partial charge in [0, 0.05) is 11.7 Å². The van der Waals surface area contributed by atoms with Crippen LogP contribution >= 0.6 is 0 Å². The predicted molar refractivity (Wildman–Crippen MR) is 94.9 cm³/mol. The van der Waals surface area contributed by atoms with Crippen LogP contribution in [0.25, 0.3) is 11.0 Å². The zero-order chi connectivity index (χ0) is 17.8. The molecule has 3 rings (SSSR count). The Balaban J connectivity index is 1.69. The minimum atomic E-state index is -0.393. The topological polar surface area (TPSA) is 66.2 Å². The minimum absolute atomic E-state index is 0.162. The summed E-state index contributed by atoms with van der Waals surface area (Å²) in [5, 5.41) is 5.04. The number of aromatic nitrogens is 3. The molecule has 0 saturated heterocycles. The average Bonchev–Trinajstić information content (AvgIpc) is 3.02. The van der Waals surface area contributed by atoms with Crippen molar-refractivity contribution >= 4 is 17.0 Å². The van der Waals surface area contributed by atoms with E-state index < -0.39 is 5.97 Å².